The molecule has 0 aliphatic carbocycles. The van der Waals surface area contributed by atoms with Crippen molar-refractivity contribution in [1.29, 1.82) is 0 Å². The molecule has 12 heavy (non-hydrogen) atoms. The highest BCUT2D eigenvalue weighted by atomic mass is 16.5. The smallest absolute Gasteiger partial charge is 0.325 e. The van der Waals surface area contributed by atoms with Crippen LogP contribution in [0.15, 0.2) is 0 Å². The number of rotatable bonds is 2. The summed E-state index contributed by atoms with van der Waals surface area (Å²) in [6.07, 6.45) is -0.0854. The molecule has 0 radical (unpaired) electrons. The first-order valence-electron chi connectivity index (χ1n) is 4.27. The average Bonchev–Trinajstić information content (AvgIpc) is 2.05. The third-order valence-electron chi connectivity index (χ3n) is 1.86. The van der Waals surface area contributed by atoms with Gasteiger partial charge in [0.15, 0.2) is 0 Å². The van der Waals surface area contributed by atoms with Crippen molar-refractivity contribution in [1.82, 2.24) is 5.32 Å². The fourth-order valence-electron chi connectivity index (χ4n) is 1.23. The van der Waals surface area contributed by atoms with Gasteiger partial charge in [-0.05, 0) is 13.8 Å². The maximum Gasteiger partial charge on any atom is 0.325 e. The van der Waals surface area contributed by atoms with Gasteiger partial charge in [0.2, 0.25) is 0 Å². The summed E-state index contributed by atoms with van der Waals surface area (Å²) in [7, 11) is 0. The van der Waals surface area contributed by atoms with E-state index < -0.39 is 0 Å². The average molecular weight is 173 g/mol. The zero-order valence-corrected chi connectivity index (χ0v) is 7.50. The van der Waals surface area contributed by atoms with Crippen LogP contribution in [0.1, 0.15) is 13.8 Å². The van der Waals surface area contributed by atoms with Crippen LogP contribution < -0.4 is 5.32 Å². The molecule has 1 heterocycles. The molecule has 1 saturated heterocycles. The lowest BCUT2D eigenvalue weighted by atomic mass is 10.1. The minimum Gasteiger partial charge on any atom is -0.465 e. The summed E-state index contributed by atoms with van der Waals surface area (Å²) >= 11 is 0. The second-order valence-corrected chi connectivity index (χ2v) is 2.76. The zero-order valence-electron chi connectivity index (χ0n) is 7.50. The van der Waals surface area contributed by atoms with Crippen LogP contribution >= 0.6 is 0 Å². The molecule has 0 amide bonds. The fraction of sp³-hybridized carbons (Fsp3) is 0.875. The lowest BCUT2D eigenvalue weighted by molar-refractivity contribution is -0.151. The summed E-state index contributed by atoms with van der Waals surface area (Å²) in [4.78, 5) is 11.2. The molecular formula is C8H15NO3. The highest BCUT2D eigenvalue weighted by molar-refractivity contribution is 5.76. The SMILES string of the molecule is CCOC(=O)[C@H]1NCCO[C@@H]1C. The van der Waals surface area contributed by atoms with E-state index in [1.807, 2.05) is 6.92 Å². The summed E-state index contributed by atoms with van der Waals surface area (Å²) in [6, 6.07) is -0.293. The number of morpholine rings is 1. The van der Waals surface area contributed by atoms with E-state index in [1.165, 1.54) is 0 Å². The second kappa shape index (κ2) is 4.42. The highest BCUT2D eigenvalue weighted by Crippen LogP contribution is 2.05. The molecule has 1 aliphatic rings. The molecule has 1 rings (SSSR count). The number of hydrogen-bond donors (Lipinski definition) is 1. The van der Waals surface area contributed by atoms with Crippen LogP contribution in [0.3, 0.4) is 0 Å². The van der Waals surface area contributed by atoms with Crippen LogP contribution in [0, 0.1) is 0 Å². The van der Waals surface area contributed by atoms with Gasteiger partial charge in [-0.1, -0.05) is 0 Å². The normalized spacial score (nSPS) is 29.8. The lowest BCUT2D eigenvalue weighted by Crippen LogP contribution is -2.52. The molecular weight excluding hydrogens is 158 g/mol. The number of hydrogen-bond acceptors (Lipinski definition) is 4. The molecule has 0 aromatic rings. The van der Waals surface area contributed by atoms with Crippen LogP contribution in [0.4, 0.5) is 0 Å². The van der Waals surface area contributed by atoms with Gasteiger partial charge in [0.1, 0.15) is 6.04 Å². The van der Waals surface area contributed by atoms with Gasteiger partial charge >= 0.3 is 5.97 Å². The van der Waals surface area contributed by atoms with Crippen molar-refractivity contribution in [3.63, 3.8) is 0 Å². The third kappa shape index (κ3) is 2.19. The van der Waals surface area contributed by atoms with Gasteiger partial charge in [0.25, 0.3) is 0 Å². The molecule has 2 atom stereocenters. The van der Waals surface area contributed by atoms with Crippen molar-refractivity contribution >= 4 is 5.97 Å². The number of carbonyl (C=O) groups is 1. The van der Waals surface area contributed by atoms with E-state index in [-0.39, 0.29) is 18.1 Å². The Bertz CT molecular complexity index is 160. The highest BCUT2D eigenvalue weighted by Gasteiger charge is 2.29. The molecule has 1 fully saturated rings. The predicted octanol–water partition coefficient (Wildman–Crippen LogP) is -0.0736. The second-order valence-electron chi connectivity index (χ2n) is 2.76. The van der Waals surface area contributed by atoms with Gasteiger partial charge in [0, 0.05) is 6.54 Å². The van der Waals surface area contributed by atoms with Crippen molar-refractivity contribution in [2.45, 2.75) is 26.0 Å². The lowest BCUT2D eigenvalue weighted by Gasteiger charge is -2.28. The Morgan fingerprint density at radius 3 is 3.08 bits per heavy atom. The first-order chi connectivity index (χ1) is 5.75. The van der Waals surface area contributed by atoms with Crippen LogP contribution in [0.5, 0.6) is 0 Å². The molecule has 4 heteroatoms. The summed E-state index contributed by atoms with van der Waals surface area (Å²) in [5, 5.41) is 3.05. The Labute approximate surface area is 72.2 Å². The van der Waals surface area contributed by atoms with E-state index in [4.69, 9.17) is 9.47 Å². The Balaban J connectivity index is 2.42. The van der Waals surface area contributed by atoms with Crippen molar-refractivity contribution in [3.05, 3.63) is 0 Å². The summed E-state index contributed by atoms with van der Waals surface area (Å²) < 4.78 is 10.2. The van der Waals surface area contributed by atoms with Gasteiger partial charge < -0.3 is 9.47 Å². The van der Waals surface area contributed by atoms with Gasteiger partial charge in [-0.25, -0.2) is 0 Å². The largest absolute Gasteiger partial charge is 0.465 e. The van der Waals surface area contributed by atoms with Crippen molar-refractivity contribution in [3.8, 4) is 0 Å². The molecule has 0 aromatic carbocycles. The summed E-state index contributed by atoms with van der Waals surface area (Å²) in [5.74, 6) is -0.218. The van der Waals surface area contributed by atoms with Crippen molar-refractivity contribution < 1.29 is 14.3 Å². The molecule has 0 saturated carbocycles. The molecule has 0 spiro atoms. The van der Waals surface area contributed by atoms with Crippen molar-refractivity contribution in [2.75, 3.05) is 19.8 Å². The van der Waals surface area contributed by atoms with Gasteiger partial charge in [-0.3, -0.25) is 10.1 Å². The van der Waals surface area contributed by atoms with Crippen LogP contribution in [-0.4, -0.2) is 37.9 Å². The fourth-order valence-corrected chi connectivity index (χ4v) is 1.23. The Morgan fingerprint density at radius 1 is 1.75 bits per heavy atom. The Hall–Kier alpha value is -0.610. The zero-order chi connectivity index (χ0) is 8.97. The first kappa shape index (κ1) is 9.48. The Kier molecular flexibility index (Phi) is 3.49. The summed E-state index contributed by atoms with van der Waals surface area (Å²) in [6.45, 7) is 5.47. The third-order valence-corrected chi connectivity index (χ3v) is 1.86. The Morgan fingerprint density at radius 2 is 2.50 bits per heavy atom. The maximum absolute atomic E-state index is 11.2. The summed E-state index contributed by atoms with van der Waals surface area (Å²) in [5.41, 5.74) is 0. The number of nitrogens with one attached hydrogen (secondary N) is 1. The monoisotopic (exact) mass is 173 g/mol. The van der Waals surface area contributed by atoms with Gasteiger partial charge in [-0.15, -0.1) is 0 Å². The van der Waals surface area contributed by atoms with E-state index in [0.717, 1.165) is 0 Å². The van der Waals surface area contributed by atoms with Crippen LogP contribution in [-0.2, 0) is 14.3 Å². The molecule has 0 unspecified atom stereocenters. The molecule has 1 N–H and O–H groups in total. The molecule has 0 aromatic heterocycles. The quantitative estimate of drug-likeness (QED) is 0.594. The molecule has 1 aliphatic heterocycles. The van der Waals surface area contributed by atoms with Crippen LogP contribution in [0.25, 0.3) is 0 Å². The maximum atomic E-state index is 11.2. The van der Waals surface area contributed by atoms with E-state index in [1.54, 1.807) is 6.92 Å². The van der Waals surface area contributed by atoms with Gasteiger partial charge in [0.05, 0.1) is 19.3 Å². The van der Waals surface area contributed by atoms with E-state index in [9.17, 15) is 4.79 Å². The predicted molar refractivity (Wildman–Crippen MR) is 43.8 cm³/mol. The van der Waals surface area contributed by atoms with E-state index >= 15 is 0 Å². The van der Waals surface area contributed by atoms with Crippen LogP contribution in [0.2, 0.25) is 0 Å². The van der Waals surface area contributed by atoms with Crippen molar-refractivity contribution in [2.24, 2.45) is 0 Å². The van der Waals surface area contributed by atoms with E-state index in [2.05, 4.69) is 5.32 Å². The standard InChI is InChI=1S/C8H15NO3/c1-3-11-8(10)7-6(2)12-5-4-9-7/h6-7,9H,3-5H2,1-2H3/t6-,7+/m1/s1. The van der Waals surface area contributed by atoms with E-state index in [0.29, 0.717) is 19.8 Å². The minimum absolute atomic E-state index is 0.0854. The number of esters is 1. The number of ether oxygens (including phenoxy) is 2. The topological polar surface area (TPSA) is 47.6 Å². The molecule has 0 bridgehead atoms. The minimum atomic E-state index is -0.293. The molecule has 4 nitrogen and oxygen atoms in total. The van der Waals surface area contributed by atoms with Gasteiger partial charge in [-0.2, -0.15) is 0 Å². The first-order valence-corrected chi connectivity index (χ1v) is 4.27. The molecule has 70 valence electrons. The number of carbonyl (C=O) groups excluding carboxylic acids is 1.